The molecule has 2 aliphatic heterocycles. The van der Waals surface area contributed by atoms with Gasteiger partial charge in [0.15, 0.2) is 17.6 Å². The van der Waals surface area contributed by atoms with Gasteiger partial charge in [0, 0.05) is 32.1 Å². The molecule has 0 aromatic heterocycles. The molecule has 0 aliphatic carbocycles. The fourth-order valence-electron chi connectivity index (χ4n) is 3.66. The van der Waals surface area contributed by atoms with Crippen molar-refractivity contribution >= 4 is 11.8 Å². The molecule has 28 heavy (non-hydrogen) atoms. The number of carbonyl (C=O) groups is 2. The number of amides is 2. The minimum absolute atomic E-state index is 0.0722. The van der Waals surface area contributed by atoms with E-state index in [0.29, 0.717) is 37.4 Å². The predicted molar refractivity (Wildman–Crippen MR) is 104 cm³/mol. The summed E-state index contributed by atoms with van der Waals surface area (Å²) < 4.78 is 11.7. The standard InChI is InChI=1S/C22H24N2O4/c1-23(14-18-15-27-19-8-2-3-9-20(19)28-18)22(26)17-7-4-6-16(12-17)13-24-11-5-10-21(24)25/h2-4,6-9,12,18H,5,10-11,13-15H2,1H3/t18-/m0/s1. The molecule has 6 nitrogen and oxygen atoms in total. The summed E-state index contributed by atoms with van der Waals surface area (Å²) in [5.74, 6) is 1.55. The second kappa shape index (κ2) is 7.92. The number of rotatable bonds is 5. The normalized spacial score (nSPS) is 18.2. The highest BCUT2D eigenvalue weighted by Crippen LogP contribution is 2.31. The number of hydrogen-bond acceptors (Lipinski definition) is 4. The van der Waals surface area contributed by atoms with Crippen molar-refractivity contribution in [2.75, 3.05) is 26.7 Å². The minimum Gasteiger partial charge on any atom is -0.486 e. The molecule has 1 atom stereocenters. The lowest BCUT2D eigenvalue weighted by atomic mass is 10.1. The van der Waals surface area contributed by atoms with Gasteiger partial charge in [-0.3, -0.25) is 9.59 Å². The average Bonchev–Trinajstić information content (AvgIpc) is 3.12. The van der Waals surface area contributed by atoms with Crippen LogP contribution in [0.15, 0.2) is 48.5 Å². The van der Waals surface area contributed by atoms with E-state index in [1.54, 1.807) is 11.9 Å². The Labute approximate surface area is 164 Å². The van der Waals surface area contributed by atoms with Crippen molar-refractivity contribution in [2.45, 2.75) is 25.5 Å². The van der Waals surface area contributed by atoms with Gasteiger partial charge in [0.2, 0.25) is 5.91 Å². The largest absolute Gasteiger partial charge is 0.486 e. The minimum atomic E-state index is -0.214. The number of fused-ring (bicyclic) bond motifs is 1. The zero-order chi connectivity index (χ0) is 19.5. The van der Waals surface area contributed by atoms with E-state index in [9.17, 15) is 9.59 Å². The summed E-state index contributed by atoms with van der Waals surface area (Å²) in [5.41, 5.74) is 1.59. The van der Waals surface area contributed by atoms with Crippen molar-refractivity contribution in [2.24, 2.45) is 0 Å². The van der Waals surface area contributed by atoms with Gasteiger partial charge < -0.3 is 19.3 Å². The second-order valence-corrected chi connectivity index (χ2v) is 7.30. The summed E-state index contributed by atoms with van der Waals surface area (Å²) in [6.07, 6.45) is 1.31. The van der Waals surface area contributed by atoms with Gasteiger partial charge in [0.25, 0.3) is 5.91 Å². The van der Waals surface area contributed by atoms with Gasteiger partial charge in [-0.1, -0.05) is 24.3 Å². The first-order chi connectivity index (χ1) is 13.6. The summed E-state index contributed by atoms with van der Waals surface area (Å²) in [7, 11) is 1.77. The molecule has 0 N–H and O–H groups in total. The molecule has 2 aromatic carbocycles. The Morgan fingerprint density at radius 1 is 1.18 bits per heavy atom. The number of likely N-dealkylation sites (tertiary alicyclic amines) is 1. The van der Waals surface area contributed by atoms with Crippen LogP contribution < -0.4 is 9.47 Å². The van der Waals surface area contributed by atoms with Crippen LogP contribution in [0.3, 0.4) is 0 Å². The van der Waals surface area contributed by atoms with E-state index in [2.05, 4.69) is 0 Å². The molecule has 0 spiro atoms. The number of benzene rings is 2. The highest BCUT2D eigenvalue weighted by molar-refractivity contribution is 5.94. The number of hydrogen-bond donors (Lipinski definition) is 0. The summed E-state index contributed by atoms with van der Waals surface area (Å²) in [4.78, 5) is 28.2. The molecule has 0 saturated carbocycles. The lowest BCUT2D eigenvalue weighted by molar-refractivity contribution is -0.128. The zero-order valence-corrected chi connectivity index (χ0v) is 16.0. The van der Waals surface area contributed by atoms with Crippen LogP contribution >= 0.6 is 0 Å². The number of para-hydroxylation sites is 2. The van der Waals surface area contributed by atoms with E-state index in [0.717, 1.165) is 24.3 Å². The Morgan fingerprint density at radius 3 is 2.79 bits per heavy atom. The van der Waals surface area contributed by atoms with E-state index < -0.39 is 0 Å². The quantitative estimate of drug-likeness (QED) is 0.800. The number of likely N-dealkylation sites (N-methyl/N-ethyl adjacent to an activating group) is 1. The molecule has 0 bridgehead atoms. The third kappa shape index (κ3) is 3.96. The summed E-state index contributed by atoms with van der Waals surface area (Å²) in [5, 5.41) is 0. The molecule has 2 amide bonds. The third-order valence-electron chi connectivity index (χ3n) is 5.11. The van der Waals surface area contributed by atoms with Crippen molar-refractivity contribution in [3.05, 3.63) is 59.7 Å². The third-order valence-corrected chi connectivity index (χ3v) is 5.11. The van der Waals surface area contributed by atoms with Crippen LogP contribution in [-0.4, -0.2) is 54.5 Å². The molecule has 0 radical (unpaired) electrons. The maximum atomic E-state index is 12.9. The fraction of sp³-hybridized carbons (Fsp3) is 0.364. The molecule has 6 heteroatoms. The van der Waals surface area contributed by atoms with Crippen LogP contribution in [-0.2, 0) is 11.3 Å². The number of nitrogens with zero attached hydrogens (tertiary/aromatic N) is 2. The van der Waals surface area contributed by atoms with E-state index in [-0.39, 0.29) is 17.9 Å². The topological polar surface area (TPSA) is 59.1 Å². The molecular weight excluding hydrogens is 356 g/mol. The zero-order valence-electron chi connectivity index (χ0n) is 16.0. The lowest BCUT2D eigenvalue weighted by Gasteiger charge is -2.29. The van der Waals surface area contributed by atoms with Crippen molar-refractivity contribution in [3.8, 4) is 11.5 Å². The molecule has 1 saturated heterocycles. The first-order valence-corrected chi connectivity index (χ1v) is 9.61. The Kier molecular flexibility index (Phi) is 5.19. The van der Waals surface area contributed by atoms with Crippen molar-refractivity contribution in [3.63, 3.8) is 0 Å². The summed E-state index contributed by atoms with van der Waals surface area (Å²) in [6, 6.07) is 15.0. The first kappa shape index (κ1) is 18.3. The van der Waals surface area contributed by atoms with Gasteiger partial charge in [-0.05, 0) is 36.2 Å². The van der Waals surface area contributed by atoms with Gasteiger partial charge in [-0.25, -0.2) is 0 Å². The SMILES string of the molecule is CN(C[C@H]1COc2ccccc2O1)C(=O)c1cccc(CN2CCCC2=O)c1. The molecule has 2 aliphatic rings. The van der Waals surface area contributed by atoms with E-state index >= 15 is 0 Å². The number of carbonyl (C=O) groups excluding carboxylic acids is 2. The molecule has 2 aromatic rings. The smallest absolute Gasteiger partial charge is 0.253 e. The Bertz CT molecular complexity index is 882. The lowest BCUT2D eigenvalue weighted by Crippen LogP contribution is -2.41. The molecular formula is C22H24N2O4. The average molecular weight is 380 g/mol. The summed E-state index contributed by atoms with van der Waals surface area (Å²) in [6.45, 7) is 2.19. The first-order valence-electron chi connectivity index (χ1n) is 9.61. The maximum Gasteiger partial charge on any atom is 0.253 e. The van der Waals surface area contributed by atoms with Crippen LogP contribution in [0.1, 0.15) is 28.8 Å². The van der Waals surface area contributed by atoms with Crippen molar-refractivity contribution in [1.29, 1.82) is 0 Å². The monoisotopic (exact) mass is 380 g/mol. The highest BCUT2D eigenvalue weighted by atomic mass is 16.6. The molecule has 2 heterocycles. The predicted octanol–water partition coefficient (Wildman–Crippen LogP) is 2.72. The van der Waals surface area contributed by atoms with Gasteiger partial charge in [-0.15, -0.1) is 0 Å². The van der Waals surface area contributed by atoms with Gasteiger partial charge in [0.05, 0.1) is 6.54 Å². The molecule has 4 rings (SSSR count). The molecule has 1 fully saturated rings. The molecule has 146 valence electrons. The van der Waals surface area contributed by atoms with Crippen LogP contribution in [0.25, 0.3) is 0 Å². The Balaban J connectivity index is 1.39. The summed E-state index contributed by atoms with van der Waals surface area (Å²) >= 11 is 0. The second-order valence-electron chi connectivity index (χ2n) is 7.30. The van der Waals surface area contributed by atoms with Gasteiger partial charge in [-0.2, -0.15) is 0 Å². The highest BCUT2D eigenvalue weighted by Gasteiger charge is 2.25. The van der Waals surface area contributed by atoms with Crippen molar-refractivity contribution in [1.82, 2.24) is 9.80 Å². The number of ether oxygens (including phenoxy) is 2. The van der Waals surface area contributed by atoms with Gasteiger partial charge >= 0.3 is 0 Å². The van der Waals surface area contributed by atoms with Gasteiger partial charge in [0.1, 0.15) is 6.61 Å². The van der Waals surface area contributed by atoms with E-state index in [1.165, 1.54) is 0 Å². The van der Waals surface area contributed by atoms with Crippen molar-refractivity contribution < 1.29 is 19.1 Å². The van der Waals surface area contributed by atoms with Crippen LogP contribution in [0, 0.1) is 0 Å². The van der Waals surface area contributed by atoms with E-state index in [4.69, 9.17) is 9.47 Å². The van der Waals surface area contributed by atoms with E-state index in [1.807, 2.05) is 53.4 Å². The maximum absolute atomic E-state index is 12.9. The van der Waals surface area contributed by atoms with Crippen LogP contribution in [0.2, 0.25) is 0 Å². The van der Waals surface area contributed by atoms with Crippen LogP contribution in [0.4, 0.5) is 0 Å². The fourth-order valence-corrected chi connectivity index (χ4v) is 3.66. The Morgan fingerprint density at radius 2 is 2.00 bits per heavy atom. The molecule has 0 unspecified atom stereocenters. The van der Waals surface area contributed by atoms with Crippen LogP contribution in [0.5, 0.6) is 11.5 Å². The Hall–Kier alpha value is -3.02.